The number of halogens is 1. The predicted octanol–water partition coefficient (Wildman–Crippen LogP) is 1.84. The summed E-state index contributed by atoms with van der Waals surface area (Å²) in [7, 11) is 1.60. The number of carbonyl (C=O) groups is 1. The molecular formula is C12H16BrNO3. The molecule has 0 radical (unpaired) electrons. The third-order valence-electron chi connectivity index (χ3n) is 2.31. The van der Waals surface area contributed by atoms with Crippen LogP contribution in [-0.4, -0.2) is 36.1 Å². The SMILES string of the molecule is COCC(Br)CNC(=O)c1cccc(C)c1O. The summed E-state index contributed by atoms with van der Waals surface area (Å²) in [4.78, 5) is 11.9. The third kappa shape index (κ3) is 4.02. The number of nitrogens with one attached hydrogen (secondary N) is 1. The lowest BCUT2D eigenvalue weighted by molar-refractivity contribution is 0.0947. The fourth-order valence-corrected chi connectivity index (χ4v) is 1.81. The van der Waals surface area contributed by atoms with Crippen molar-refractivity contribution < 1.29 is 14.6 Å². The molecule has 0 saturated heterocycles. The number of aromatic hydroxyl groups is 1. The second kappa shape index (κ2) is 6.61. The van der Waals surface area contributed by atoms with Crippen LogP contribution in [0.3, 0.4) is 0 Å². The van der Waals surface area contributed by atoms with Gasteiger partial charge in [-0.1, -0.05) is 28.1 Å². The normalized spacial score (nSPS) is 12.2. The minimum absolute atomic E-state index is 0.0304. The number of amides is 1. The Morgan fingerprint density at radius 1 is 1.59 bits per heavy atom. The highest BCUT2D eigenvalue weighted by atomic mass is 79.9. The Morgan fingerprint density at radius 3 is 2.94 bits per heavy atom. The lowest BCUT2D eigenvalue weighted by Gasteiger charge is -2.11. The van der Waals surface area contributed by atoms with Gasteiger partial charge in [-0.2, -0.15) is 0 Å². The van der Waals surface area contributed by atoms with E-state index >= 15 is 0 Å². The van der Waals surface area contributed by atoms with Crippen molar-refractivity contribution in [3.8, 4) is 5.75 Å². The first-order chi connectivity index (χ1) is 8.06. The highest BCUT2D eigenvalue weighted by molar-refractivity contribution is 9.09. The van der Waals surface area contributed by atoms with Gasteiger partial charge in [0.1, 0.15) is 5.75 Å². The first-order valence-corrected chi connectivity index (χ1v) is 6.17. The van der Waals surface area contributed by atoms with E-state index in [1.165, 1.54) is 0 Å². The van der Waals surface area contributed by atoms with Crippen LogP contribution in [0.25, 0.3) is 0 Å². The minimum Gasteiger partial charge on any atom is -0.507 e. The highest BCUT2D eigenvalue weighted by Gasteiger charge is 2.13. The lowest BCUT2D eigenvalue weighted by atomic mass is 10.1. The molecule has 0 saturated carbocycles. The maximum Gasteiger partial charge on any atom is 0.255 e. The number of alkyl halides is 1. The summed E-state index contributed by atoms with van der Waals surface area (Å²) in [5.74, 6) is -0.255. The first-order valence-electron chi connectivity index (χ1n) is 5.26. The Hall–Kier alpha value is -1.07. The van der Waals surface area contributed by atoms with Gasteiger partial charge in [-0.25, -0.2) is 0 Å². The summed E-state index contributed by atoms with van der Waals surface area (Å²) >= 11 is 3.37. The minimum atomic E-state index is -0.285. The van der Waals surface area contributed by atoms with E-state index in [0.717, 1.165) is 0 Å². The Bertz CT molecular complexity index is 395. The van der Waals surface area contributed by atoms with Crippen molar-refractivity contribution in [2.24, 2.45) is 0 Å². The molecule has 17 heavy (non-hydrogen) atoms. The summed E-state index contributed by atoms with van der Waals surface area (Å²) in [6, 6.07) is 5.09. The van der Waals surface area contributed by atoms with Gasteiger partial charge in [-0.05, 0) is 18.6 Å². The molecule has 1 rings (SSSR count). The number of rotatable bonds is 5. The van der Waals surface area contributed by atoms with E-state index in [-0.39, 0.29) is 16.5 Å². The zero-order valence-electron chi connectivity index (χ0n) is 9.87. The molecular weight excluding hydrogens is 286 g/mol. The maximum absolute atomic E-state index is 11.8. The Balaban J connectivity index is 2.61. The molecule has 0 aliphatic rings. The summed E-state index contributed by atoms with van der Waals surface area (Å²) in [6.45, 7) is 2.71. The molecule has 0 bridgehead atoms. The standard InChI is InChI=1S/C12H16BrNO3/c1-8-4-3-5-10(11(8)15)12(16)14-6-9(13)7-17-2/h3-5,9,15H,6-7H2,1-2H3,(H,14,16). The summed E-state index contributed by atoms with van der Waals surface area (Å²) in [6.07, 6.45) is 0. The number of phenolic OH excluding ortho intramolecular Hbond substituents is 1. The molecule has 1 amide bonds. The van der Waals surface area contributed by atoms with Crippen LogP contribution in [0.15, 0.2) is 18.2 Å². The number of ether oxygens (including phenoxy) is 1. The van der Waals surface area contributed by atoms with Crippen LogP contribution < -0.4 is 5.32 Å². The molecule has 2 N–H and O–H groups in total. The third-order valence-corrected chi connectivity index (χ3v) is 2.90. The molecule has 1 aromatic rings. The fourth-order valence-electron chi connectivity index (χ4n) is 1.38. The fraction of sp³-hybridized carbons (Fsp3) is 0.417. The number of methoxy groups -OCH3 is 1. The largest absolute Gasteiger partial charge is 0.507 e. The van der Waals surface area contributed by atoms with E-state index in [1.807, 2.05) is 0 Å². The summed E-state index contributed by atoms with van der Waals surface area (Å²) in [5.41, 5.74) is 0.979. The van der Waals surface area contributed by atoms with E-state index in [1.54, 1.807) is 32.2 Å². The van der Waals surface area contributed by atoms with E-state index in [2.05, 4.69) is 21.2 Å². The second-order valence-corrected chi connectivity index (χ2v) is 5.03. The number of carbonyl (C=O) groups excluding carboxylic acids is 1. The lowest BCUT2D eigenvalue weighted by Crippen LogP contribution is -2.31. The second-order valence-electron chi connectivity index (χ2n) is 3.73. The molecule has 5 heteroatoms. The van der Waals surface area contributed by atoms with Crippen LogP contribution >= 0.6 is 15.9 Å². The number of benzene rings is 1. The van der Waals surface area contributed by atoms with E-state index in [0.29, 0.717) is 24.3 Å². The molecule has 1 unspecified atom stereocenters. The van der Waals surface area contributed by atoms with Crippen molar-refractivity contribution in [2.45, 2.75) is 11.8 Å². The maximum atomic E-state index is 11.8. The number of para-hydroxylation sites is 1. The quantitative estimate of drug-likeness (QED) is 0.816. The Kier molecular flexibility index (Phi) is 5.44. The number of phenols is 1. The molecule has 0 aliphatic carbocycles. The van der Waals surface area contributed by atoms with Gasteiger partial charge in [-0.15, -0.1) is 0 Å². The van der Waals surface area contributed by atoms with Gasteiger partial charge in [0.25, 0.3) is 5.91 Å². The van der Waals surface area contributed by atoms with Gasteiger partial charge in [0.15, 0.2) is 0 Å². The van der Waals surface area contributed by atoms with Gasteiger partial charge in [-0.3, -0.25) is 4.79 Å². The molecule has 0 aliphatic heterocycles. The number of hydrogen-bond donors (Lipinski definition) is 2. The molecule has 0 spiro atoms. The van der Waals surface area contributed by atoms with Crippen LogP contribution in [-0.2, 0) is 4.74 Å². The van der Waals surface area contributed by atoms with Gasteiger partial charge in [0, 0.05) is 13.7 Å². The molecule has 94 valence electrons. The van der Waals surface area contributed by atoms with Crippen molar-refractivity contribution in [3.05, 3.63) is 29.3 Å². The molecule has 0 fully saturated rings. The van der Waals surface area contributed by atoms with Gasteiger partial charge < -0.3 is 15.2 Å². The van der Waals surface area contributed by atoms with Crippen LogP contribution in [0, 0.1) is 6.92 Å². The summed E-state index contributed by atoms with van der Waals surface area (Å²) in [5, 5.41) is 12.5. The molecule has 0 heterocycles. The van der Waals surface area contributed by atoms with Gasteiger partial charge >= 0.3 is 0 Å². The van der Waals surface area contributed by atoms with Crippen molar-refractivity contribution in [1.82, 2.24) is 5.32 Å². The zero-order chi connectivity index (χ0) is 12.8. The Morgan fingerprint density at radius 2 is 2.29 bits per heavy atom. The van der Waals surface area contributed by atoms with Gasteiger partial charge in [0.2, 0.25) is 0 Å². The van der Waals surface area contributed by atoms with Crippen LogP contribution in [0.2, 0.25) is 0 Å². The van der Waals surface area contributed by atoms with Gasteiger partial charge in [0.05, 0.1) is 17.0 Å². The van der Waals surface area contributed by atoms with Crippen LogP contribution in [0.4, 0.5) is 0 Å². The molecule has 1 atom stereocenters. The van der Waals surface area contributed by atoms with E-state index in [9.17, 15) is 9.90 Å². The van der Waals surface area contributed by atoms with E-state index in [4.69, 9.17) is 4.74 Å². The van der Waals surface area contributed by atoms with Crippen molar-refractivity contribution in [3.63, 3.8) is 0 Å². The number of aryl methyl sites for hydroxylation is 1. The van der Waals surface area contributed by atoms with Crippen LogP contribution in [0.1, 0.15) is 15.9 Å². The van der Waals surface area contributed by atoms with E-state index < -0.39 is 0 Å². The highest BCUT2D eigenvalue weighted by Crippen LogP contribution is 2.21. The molecule has 0 aromatic heterocycles. The zero-order valence-corrected chi connectivity index (χ0v) is 11.5. The molecule has 1 aromatic carbocycles. The average Bonchev–Trinajstić information content (AvgIpc) is 2.30. The van der Waals surface area contributed by atoms with Crippen molar-refractivity contribution in [2.75, 3.05) is 20.3 Å². The van der Waals surface area contributed by atoms with Crippen LogP contribution in [0.5, 0.6) is 5.75 Å². The average molecular weight is 302 g/mol. The molecule has 4 nitrogen and oxygen atoms in total. The van der Waals surface area contributed by atoms with Crippen molar-refractivity contribution in [1.29, 1.82) is 0 Å². The summed E-state index contributed by atoms with van der Waals surface area (Å²) < 4.78 is 4.94. The predicted molar refractivity (Wildman–Crippen MR) is 69.8 cm³/mol. The smallest absolute Gasteiger partial charge is 0.255 e. The first kappa shape index (κ1) is 14.0. The topological polar surface area (TPSA) is 58.6 Å². The monoisotopic (exact) mass is 301 g/mol. The van der Waals surface area contributed by atoms with Crippen molar-refractivity contribution >= 4 is 21.8 Å². The number of hydrogen-bond acceptors (Lipinski definition) is 3. The Labute approximate surface area is 109 Å².